The average Bonchev–Trinajstić information content (AvgIpc) is 2.54. The Hall–Kier alpha value is -2.14. The number of carbonyl (C=O) groups excluding carboxylic acids is 1. The summed E-state index contributed by atoms with van der Waals surface area (Å²) in [6, 6.07) is 16.0. The Labute approximate surface area is 135 Å². The summed E-state index contributed by atoms with van der Waals surface area (Å²) < 4.78 is 5.23. The molecule has 0 fully saturated rings. The standard InChI is InChI=1S/C17H20N2O2S/c1-21-14-6-4-5-13(11-14)12-19-15-7-2-3-8-16(15)22-10-9-17(18)20/h2-8,11,19H,9-10,12H2,1H3,(H2,18,20). The minimum Gasteiger partial charge on any atom is -0.497 e. The van der Waals surface area contributed by atoms with Crippen molar-refractivity contribution in [3.63, 3.8) is 0 Å². The van der Waals surface area contributed by atoms with E-state index in [4.69, 9.17) is 10.5 Å². The maximum atomic E-state index is 10.8. The zero-order chi connectivity index (χ0) is 15.8. The van der Waals surface area contributed by atoms with Gasteiger partial charge in [0.1, 0.15) is 5.75 Å². The molecule has 2 rings (SSSR count). The second-order valence-corrected chi connectivity index (χ2v) is 5.90. The quantitative estimate of drug-likeness (QED) is 0.734. The van der Waals surface area contributed by atoms with Crippen molar-refractivity contribution in [2.24, 2.45) is 5.73 Å². The third-order valence-electron chi connectivity index (χ3n) is 3.11. The van der Waals surface area contributed by atoms with Gasteiger partial charge in [-0.3, -0.25) is 4.79 Å². The lowest BCUT2D eigenvalue weighted by Crippen LogP contribution is -2.11. The highest BCUT2D eigenvalue weighted by Crippen LogP contribution is 2.28. The summed E-state index contributed by atoms with van der Waals surface area (Å²) in [5.41, 5.74) is 7.38. The van der Waals surface area contributed by atoms with Crippen LogP contribution in [0.5, 0.6) is 5.75 Å². The SMILES string of the molecule is COc1cccc(CNc2ccccc2SCCC(N)=O)c1. The van der Waals surface area contributed by atoms with Gasteiger partial charge in [0.15, 0.2) is 0 Å². The molecule has 0 saturated heterocycles. The van der Waals surface area contributed by atoms with Crippen molar-refractivity contribution in [1.82, 2.24) is 0 Å². The summed E-state index contributed by atoms with van der Waals surface area (Å²) in [6.07, 6.45) is 0.384. The number of nitrogens with two attached hydrogens (primary N) is 1. The molecule has 0 aliphatic heterocycles. The van der Waals surface area contributed by atoms with Crippen LogP contribution in [0.25, 0.3) is 0 Å². The van der Waals surface area contributed by atoms with Gasteiger partial charge in [-0.05, 0) is 29.8 Å². The molecule has 116 valence electrons. The fourth-order valence-electron chi connectivity index (χ4n) is 1.98. The minimum absolute atomic E-state index is 0.269. The highest BCUT2D eigenvalue weighted by atomic mass is 32.2. The number of anilines is 1. The number of carbonyl (C=O) groups is 1. The third kappa shape index (κ3) is 5.00. The van der Waals surface area contributed by atoms with Crippen molar-refractivity contribution in [1.29, 1.82) is 0 Å². The third-order valence-corrected chi connectivity index (χ3v) is 4.19. The van der Waals surface area contributed by atoms with Crippen LogP contribution in [0, 0.1) is 0 Å². The predicted molar refractivity (Wildman–Crippen MR) is 91.3 cm³/mol. The molecule has 1 amide bonds. The Morgan fingerprint density at radius 2 is 2.05 bits per heavy atom. The molecule has 4 nitrogen and oxygen atoms in total. The molecule has 0 atom stereocenters. The van der Waals surface area contributed by atoms with Crippen molar-refractivity contribution >= 4 is 23.4 Å². The summed E-state index contributed by atoms with van der Waals surface area (Å²) in [5.74, 6) is 1.27. The monoisotopic (exact) mass is 316 g/mol. The second-order valence-electron chi connectivity index (χ2n) is 4.77. The molecule has 22 heavy (non-hydrogen) atoms. The molecule has 5 heteroatoms. The maximum absolute atomic E-state index is 10.8. The second kappa shape index (κ2) is 8.34. The van der Waals surface area contributed by atoms with Crippen LogP contribution in [0.3, 0.4) is 0 Å². The first-order chi connectivity index (χ1) is 10.7. The van der Waals surface area contributed by atoms with Crippen LogP contribution >= 0.6 is 11.8 Å². The lowest BCUT2D eigenvalue weighted by Gasteiger charge is -2.12. The minimum atomic E-state index is -0.269. The van der Waals surface area contributed by atoms with Gasteiger partial charge in [-0.15, -0.1) is 11.8 Å². The van der Waals surface area contributed by atoms with E-state index in [1.165, 1.54) is 0 Å². The molecule has 0 unspecified atom stereocenters. The van der Waals surface area contributed by atoms with Gasteiger partial charge in [0.2, 0.25) is 5.91 Å². The van der Waals surface area contributed by atoms with Crippen molar-refractivity contribution in [3.05, 3.63) is 54.1 Å². The Morgan fingerprint density at radius 1 is 1.23 bits per heavy atom. The van der Waals surface area contributed by atoms with E-state index < -0.39 is 0 Å². The first-order valence-electron chi connectivity index (χ1n) is 7.06. The fraction of sp³-hybridized carbons (Fsp3) is 0.235. The first kappa shape index (κ1) is 16.2. The number of hydrogen-bond acceptors (Lipinski definition) is 4. The number of nitrogens with one attached hydrogen (secondary N) is 1. The van der Waals surface area contributed by atoms with E-state index in [2.05, 4.69) is 11.4 Å². The van der Waals surface area contributed by atoms with Gasteiger partial charge in [0.25, 0.3) is 0 Å². The van der Waals surface area contributed by atoms with E-state index in [9.17, 15) is 4.79 Å². The lowest BCUT2D eigenvalue weighted by atomic mass is 10.2. The molecule has 2 aromatic carbocycles. The summed E-state index contributed by atoms with van der Waals surface area (Å²) in [7, 11) is 1.66. The highest BCUT2D eigenvalue weighted by Gasteiger charge is 2.04. The average molecular weight is 316 g/mol. The van der Waals surface area contributed by atoms with Gasteiger partial charge < -0.3 is 15.8 Å². The molecule has 0 heterocycles. The fourth-order valence-corrected chi connectivity index (χ4v) is 2.97. The van der Waals surface area contributed by atoms with Crippen LogP contribution in [-0.4, -0.2) is 18.8 Å². The number of methoxy groups -OCH3 is 1. The van der Waals surface area contributed by atoms with Crippen LogP contribution in [0.15, 0.2) is 53.4 Å². The molecular formula is C17H20N2O2S. The summed E-state index contributed by atoms with van der Waals surface area (Å²) in [4.78, 5) is 11.9. The zero-order valence-corrected chi connectivity index (χ0v) is 13.4. The van der Waals surface area contributed by atoms with E-state index >= 15 is 0 Å². The topological polar surface area (TPSA) is 64.3 Å². The summed E-state index contributed by atoms with van der Waals surface area (Å²) in [5, 5.41) is 3.43. The van der Waals surface area contributed by atoms with Gasteiger partial charge in [-0.2, -0.15) is 0 Å². The predicted octanol–water partition coefficient (Wildman–Crippen LogP) is 3.27. The Kier molecular flexibility index (Phi) is 6.15. The molecule has 2 aromatic rings. The molecular weight excluding hydrogens is 296 g/mol. The molecule has 0 aliphatic carbocycles. The number of amides is 1. The van der Waals surface area contributed by atoms with Crippen LogP contribution < -0.4 is 15.8 Å². The van der Waals surface area contributed by atoms with Crippen molar-refractivity contribution in [3.8, 4) is 5.75 Å². The largest absolute Gasteiger partial charge is 0.497 e. The molecule has 0 bridgehead atoms. The molecule has 3 N–H and O–H groups in total. The van der Waals surface area contributed by atoms with E-state index in [1.54, 1.807) is 18.9 Å². The van der Waals surface area contributed by atoms with Gasteiger partial charge >= 0.3 is 0 Å². The smallest absolute Gasteiger partial charge is 0.218 e. The van der Waals surface area contributed by atoms with E-state index in [0.29, 0.717) is 18.7 Å². The lowest BCUT2D eigenvalue weighted by molar-refractivity contribution is -0.117. The molecule has 0 aliphatic rings. The van der Waals surface area contributed by atoms with E-state index in [-0.39, 0.29) is 5.91 Å². The number of hydrogen-bond donors (Lipinski definition) is 2. The molecule has 0 saturated carbocycles. The number of para-hydroxylation sites is 1. The van der Waals surface area contributed by atoms with Crippen LogP contribution in [-0.2, 0) is 11.3 Å². The summed E-state index contributed by atoms with van der Waals surface area (Å²) in [6.45, 7) is 0.713. The van der Waals surface area contributed by atoms with Crippen LogP contribution in [0.4, 0.5) is 5.69 Å². The van der Waals surface area contributed by atoms with Gasteiger partial charge in [0, 0.05) is 29.3 Å². The molecule has 0 aromatic heterocycles. The number of rotatable bonds is 8. The maximum Gasteiger partial charge on any atom is 0.218 e. The molecule has 0 radical (unpaired) electrons. The van der Waals surface area contributed by atoms with Gasteiger partial charge in [-0.25, -0.2) is 0 Å². The van der Waals surface area contributed by atoms with E-state index in [0.717, 1.165) is 21.9 Å². The molecule has 0 spiro atoms. The van der Waals surface area contributed by atoms with Crippen molar-refractivity contribution < 1.29 is 9.53 Å². The number of thioether (sulfide) groups is 1. The first-order valence-corrected chi connectivity index (χ1v) is 8.04. The Morgan fingerprint density at radius 3 is 2.82 bits per heavy atom. The van der Waals surface area contributed by atoms with Gasteiger partial charge in [0.05, 0.1) is 7.11 Å². The number of ether oxygens (including phenoxy) is 1. The summed E-state index contributed by atoms with van der Waals surface area (Å²) >= 11 is 1.63. The number of primary amides is 1. The normalized spacial score (nSPS) is 10.2. The van der Waals surface area contributed by atoms with Crippen molar-refractivity contribution in [2.75, 3.05) is 18.2 Å². The van der Waals surface area contributed by atoms with Crippen molar-refractivity contribution in [2.45, 2.75) is 17.9 Å². The zero-order valence-electron chi connectivity index (χ0n) is 12.5. The highest BCUT2D eigenvalue weighted by molar-refractivity contribution is 7.99. The Balaban J connectivity index is 1.98. The Bertz CT molecular complexity index is 632. The van der Waals surface area contributed by atoms with Crippen LogP contribution in [0.1, 0.15) is 12.0 Å². The van der Waals surface area contributed by atoms with Gasteiger partial charge in [-0.1, -0.05) is 24.3 Å². The van der Waals surface area contributed by atoms with Crippen LogP contribution in [0.2, 0.25) is 0 Å². The van der Waals surface area contributed by atoms with E-state index in [1.807, 2.05) is 42.5 Å². The number of benzene rings is 2.